The van der Waals surface area contributed by atoms with E-state index in [9.17, 15) is 5.11 Å². The van der Waals surface area contributed by atoms with Crippen LogP contribution < -0.4 is 0 Å². The molecule has 0 atom stereocenters. The van der Waals surface area contributed by atoms with Crippen molar-refractivity contribution in [3.8, 4) is 0 Å². The molecule has 0 aliphatic heterocycles. The maximum absolute atomic E-state index is 10.1. The van der Waals surface area contributed by atoms with Crippen LogP contribution in [-0.4, -0.2) is 11.7 Å². The average Bonchev–Trinajstić information content (AvgIpc) is 2.39. The third-order valence-corrected chi connectivity index (χ3v) is 2.70. The molecule has 0 aromatic heterocycles. The Labute approximate surface area is 108 Å². The van der Waals surface area contributed by atoms with Gasteiger partial charge in [-0.1, -0.05) is 37.3 Å². The highest BCUT2D eigenvalue weighted by atomic mass is 32.1. The molecule has 1 N–H and O–H groups in total. The predicted molar refractivity (Wildman–Crippen MR) is 75.0 cm³/mol. The summed E-state index contributed by atoms with van der Waals surface area (Å²) in [4.78, 5) is 0.523. The third-order valence-electron chi connectivity index (χ3n) is 2.23. The quantitative estimate of drug-likeness (QED) is 0.466. The zero-order valence-corrected chi connectivity index (χ0v) is 11.1. The lowest BCUT2D eigenvalue weighted by Crippen LogP contribution is -1.98. The van der Waals surface area contributed by atoms with Crippen LogP contribution in [0.3, 0.4) is 0 Å². The van der Waals surface area contributed by atoms with E-state index in [1.807, 2.05) is 44.2 Å². The molecule has 0 amide bonds. The Morgan fingerprint density at radius 2 is 2.00 bits per heavy atom. The monoisotopic (exact) mass is 250 g/mol. The maximum Gasteiger partial charge on any atom is 0.171 e. The zero-order chi connectivity index (χ0) is 12.7. The molecule has 92 valence electrons. The van der Waals surface area contributed by atoms with Gasteiger partial charge in [-0.3, -0.25) is 0 Å². The Hall–Kier alpha value is -1.35. The van der Waals surface area contributed by atoms with E-state index >= 15 is 0 Å². The molecule has 0 fully saturated rings. The molecule has 17 heavy (non-hydrogen) atoms. The maximum atomic E-state index is 10.1. The van der Waals surface area contributed by atoms with E-state index in [2.05, 4.69) is 12.6 Å². The van der Waals surface area contributed by atoms with E-state index in [4.69, 9.17) is 4.74 Å². The van der Waals surface area contributed by atoms with Gasteiger partial charge in [-0.05, 0) is 25.0 Å². The van der Waals surface area contributed by atoms with Crippen molar-refractivity contribution in [3.05, 3.63) is 53.5 Å². The fourth-order valence-electron chi connectivity index (χ4n) is 1.35. The second-order valence-corrected chi connectivity index (χ2v) is 4.01. The Kier molecular flexibility index (Phi) is 5.70. The van der Waals surface area contributed by atoms with Gasteiger partial charge in [-0.2, -0.15) is 0 Å². The molecule has 1 rings (SSSR count). The van der Waals surface area contributed by atoms with Crippen molar-refractivity contribution in [2.45, 2.75) is 20.3 Å². The van der Waals surface area contributed by atoms with Gasteiger partial charge in [0, 0.05) is 0 Å². The first-order valence-corrected chi connectivity index (χ1v) is 6.12. The fourth-order valence-corrected chi connectivity index (χ4v) is 1.61. The van der Waals surface area contributed by atoms with Crippen LogP contribution in [0.25, 0.3) is 4.91 Å². The minimum Gasteiger partial charge on any atom is -0.503 e. The molecule has 0 unspecified atom stereocenters. The van der Waals surface area contributed by atoms with Gasteiger partial charge in [-0.15, -0.1) is 12.6 Å². The van der Waals surface area contributed by atoms with Crippen LogP contribution in [0.1, 0.15) is 25.8 Å². The fraction of sp³-hybridized carbons (Fsp3) is 0.286. The third kappa shape index (κ3) is 3.86. The van der Waals surface area contributed by atoms with Gasteiger partial charge < -0.3 is 9.84 Å². The Balaban J connectivity index is 2.95. The number of ether oxygens (including phenoxy) is 1. The van der Waals surface area contributed by atoms with Gasteiger partial charge in [0.25, 0.3) is 0 Å². The van der Waals surface area contributed by atoms with Crippen molar-refractivity contribution in [2.75, 3.05) is 6.61 Å². The van der Waals surface area contributed by atoms with Crippen molar-refractivity contribution in [2.24, 2.45) is 0 Å². The number of hydrogen-bond donors (Lipinski definition) is 2. The van der Waals surface area contributed by atoms with Crippen LogP contribution in [0.15, 0.2) is 47.9 Å². The number of rotatable bonds is 5. The second-order valence-electron chi connectivity index (χ2n) is 3.56. The molecule has 0 aliphatic carbocycles. The molecule has 0 heterocycles. The number of allylic oxidation sites excluding steroid dienone is 1. The topological polar surface area (TPSA) is 29.5 Å². The molecule has 2 nitrogen and oxygen atoms in total. The molecular weight excluding hydrogens is 232 g/mol. The lowest BCUT2D eigenvalue weighted by Gasteiger charge is -2.11. The first kappa shape index (κ1) is 13.7. The summed E-state index contributed by atoms with van der Waals surface area (Å²) in [6.45, 7) is 4.43. The molecule has 0 saturated heterocycles. The van der Waals surface area contributed by atoms with Crippen LogP contribution in [0, 0.1) is 0 Å². The standard InChI is InChI=1S/C14H18O2S/c1-3-10-16-12(4-2)13(15)14(17)11-8-6-5-7-9-11/h4-9,15,17H,3,10H2,1-2H3/b12-4+,14-13+. The molecule has 0 spiro atoms. The predicted octanol–water partition coefficient (Wildman–Crippen LogP) is 4.17. The van der Waals surface area contributed by atoms with Crippen molar-refractivity contribution in [1.29, 1.82) is 0 Å². The highest BCUT2D eigenvalue weighted by Crippen LogP contribution is 2.25. The summed E-state index contributed by atoms with van der Waals surface area (Å²) in [5.74, 6) is 0.552. The summed E-state index contributed by atoms with van der Waals surface area (Å²) in [5.41, 5.74) is 0.868. The average molecular weight is 250 g/mol. The Morgan fingerprint density at radius 1 is 1.35 bits per heavy atom. The highest BCUT2D eigenvalue weighted by molar-refractivity contribution is 7.90. The molecule has 0 aliphatic rings. The SMILES string of the molecule is C/C=C(OCCC)\C(O)=C(/S)c1ccccc1. The first-order chi connectivity index (χ1) is 8.20. The largest absolute Gasteiger partial charge is 0.503 e. The molecular formula is C14H18O2S. The minimum absolute atomic E-state index is 0.0792. The van der Waals surface area contributed by atoms with Crippen LogP contribution in [0.2, 0.25) is 0 Å². The highest BCUT2D eigenvalue weighted by Gasteiger charge is 2.10. The van der Waals surface area contributed by atoms with E-state index in [-0.39, 0.29) is 5.76 Å². The van der Waals surface area contributed by atoms with Crippen LogP contribution >= 0.6 is 12.6 Å². The van der Waals surface area contributed by atoms with Gasteiger partial charge in [0.1, 0.15) is 0 Å². The molecule has 0 bridgehead atoms. The zero-order valence-electron chi connectivity index (χ0n) is 10.2. The molecule has 1 aromatic rings. The Morgan fingerprint density at radius 3 is 2.53 bits per heavy atom. The second kappa shape index (κ2) is 7.07. The summed E-state index contributed by atoms with van der Waals surface area (Å²) in [5, 5.41) is 10.1. The van der Waals surface area contributed by atoms with Crippen LogP contribution in [0.5, 0.6) is 0 Å². The molecule has 3 heteroatoms. The normalized spacial score (nSPS) is 13.2. The van der Waals surface area contributed by atoms with E-state index < -0.39 is 0 Å². The molecule has 0 saturated carbocycles. The van der Waals surface area contributed by atoms with E-state index in [0.717, 1.165) is 12.0 Å². The molecule has 0 radical (unpaired) electrons. The van der Waals surface area contributed by atoms with Gasteiger partial charge >= 0.3 is 0 Å². The smallest absolute Gasteiger partial charge is 0.171 e. The van der Waals surface area contributed by atoms with Crippen molar-refractivity contribution in [3.63, 3.8) is 0 Å². The van der Waals surface area contributed by atoms with Gasteiger partial charge in [0.05, 0.1) is 11.5 Å². The number of aliphatic hydroxyl groups excluding tert-OH is 1. The van der Waals surface area contributed by atoms with E-state index in [0.29, 0.717) is 17.3 Å². The van der Waals surface area contributed by atoms with Crippen molar-refractivity contribution >= 4 is 17.5 Å². The molecule has 1 aromatic carbocycles. The van der Waals surface area contributed by atoms with Gasteiger partial charge in [0.2, 0.25) is 0 Å². The number of benzene rings is 1. The minimum atomic E-state index is 0.0792. The van der Waals surface area contributed by atoms with Gasteiger partial charge in [0.15, 0.2) is 11.5 Å². The summed E-state index contributed by atoms with van der Waals surface area (Å²) in [7, 11) is 0. The summed E-state index contributed by atoms with van der Waals surface area (Å²) in [6.07, 6.45) is 2.64. The number of aliphatic hydroxyl groups is 1. The number of thiol groups is 1. The lowest BCUT2D eigenvalue weighted by molar-refractivity contribution is 0.195. The van der Waals surface area contributed by atoms with E-state index in [1.165, 1.54) is 0 Å². The van der Waals surface area contributed by atoms with Crippen LogP contribution in [0.4, 0.5) is 0 Å². The van der Waals surface area contributed by atoms with Gasteiger partial charge in [-0.25, -0.2) is 0 Å². The van der Waals surface area contributed by atoms with Crippen molar-refractivity contribution in [1.82, 2.24) is 0 Å². The Bertz CT molecular complexity index is 407. The summed E-state index contributed by atoms with van der Waals surface area (Å²) >= 11 is 4.34. The lowest BCUT2D eigenvalue weighted by atomic mass is 10.2. The van der Waals surface area contributed by atoms with E-state index in [1.54, 1.807) is 6.08 Å². The van der Waals surface area contributed by atoms with Crippen LogP contribution in [-0.2, 0) is 4.74 Å². The summed E-state index contributed by atoms with van der Waals surface area (Å²) < 4.78 is 5.45. The first-order valence-electron chi connectivity index (χ1n) is 5.67. The summed E-state index contributed by atoms with van der Waals surface area (Å²) in [6, 6.07) is 9.52. The number of hydrogen-bond acceptors (Lipinski definition) is 3. The van der Waals surface area contributed by atoms with Crippen molar-refractivity contribution < 1.29 is 9.84 Å².